The number of nitrogens with two attached hydrogens (primary N) is 1. The van der Waals surface area contributed by atoms with E-state index in [1.807, 2.05) is 25.1 Å². The number of hydrogen-bond acceptors (Lipinski definition) is 2. The lowest BCUT2D eigenvalue weighted by atomic mass is 9.96. The Labute approximate surface area is 124 Å². The molecule has 4 heteroatoms. The minimum absolute atomic E-state index is 0.0752. The molecule has 1 unspecified atom stereocenters. The zero-order valence-electron chi connectivity index (χ0n) is 11.7. The Hall–Kier alpha value is -0.870. The van der Waals surface area contributed by atoms with Crippen LogP contribution in [0.3, 0.4) is 0 Å². The Morgan fingerprint density at radius 2 is 2.16 bits per heavy atom. The predicted molar refractivity (Wildman–Crippen MR) is 84.2 cm³/mol. The summed E-state index contributed by atoms with van der Waals surface area (Å²) in [4.78, 5) is 11.9. The molecule has 1 aromatic carbocycles. The van der Waals surface area contributed by atoms with Crippen LogP contribution in [0.2, 0.25) is 0 Å². The summed E-state index contributed by atoms with van der Waals surface area (Å²) in [5, 5.41) is 2.93. The number of halogens is 1. The zero-order chi connectivity index (χ0) is 14.3. The molecule has 1 aromatic rings. The van der Waals surface area contributed by atoms with E-state index in [2.05, 4.69) is 28.2 Å². The second kappa shape index (κ2) is 8.33. The number of aryl methyl sites for hydroxylation is 1. The van der Waals surface area contributed by atoms with Crippen LogP contribution < -0.4 is 11.1 Å². The van der Waals surface area contributed by atoms with Gasteiger partial charge in [0.2, 0.25) is 5.91 Å². The number of hydrogen-bond donors (Lipinski definition) is 2. The molecule has 0 aliphatic heterocycles. The summed E-state index contributed by atoms with van der Waals surface area (Å²) in [6, 6.07) is 5.85. The van der Waals surface area contributed by atoms with Crippen molar-refractivity contribution in [3.8, 4) is 0 Å². The van der Waals surface area contributed by atoms with Gasteiger partial charge in [-0.05, 0) is 49.9 Å². The molecule has 0 bridgehead atoms. The fourth-order valence-electron chi connectivity index (χ4n) is 2.02. The molecule has 3 nitrogen and oxygen atoms in total. The third-order valence-electron chi connectivity index (χ3n) is 3.39. The van der Waals surface area contributed by atoms with E-state index in [9.17, 15) is 4.79 Å². The molecule has 1 amide bonds. The van der Waals surface area contributed by atoms with Crippen LogP contribution in [0.1, 0.15) is 38.2 Å². The maximum Gasteiger partial charge on any atom is 0.224 e. The van der Waals surface area contributed by atoms with Gasteiger partial charge in [0.15, 0.2) is 0 Å². The van der Waals surface area contributed by atoms with E-state index < -0.39 is 0 Å². The standard InChI is InChI=1S/C15H23BrN2O/c1-3-12(8-9-17)5-7-15(19)18-13-6-4-11(2)14(16)10-13/h4,6,10,12H,3,5,7-9,17H2,1-2H3,(H,18,19). The highest BCUT2D eigenvalue weighted by Crippen LogP contribution is 2.21. The van der Waals surface area contributed by atoms with Crippen LogP contribution in [0.15, 0.2) is 22.7 Å². The first kappa shape index (κ1) is 16.2. The predicted octanol–water partition coefficient (Wildman–Crippen LogP) is 3.85. The van der Waals surface area contributed by atoms with Crippen molar-refractivity contribution in [2.75, 3.05) is 11.9 Å². The molecule has 3 N–H and O–H groups in total. The van der Waals surface area contributed by atoms with Gasteiger partial charge in [-0.25, -0.2) is 0 Å². The summed E-state index contributed by atoms with van der Waals surface area (Å²) < 4.78 is 1.01. The van der Waals surface area contributed by atoms with E-state index in [4.69, 9.17) is 5.73 Å². The van der Waals surface area contributed by atoms with Crippen LogP contribution in [0.25, 0.3) is 0 Å². The van der Waals surface area contributed by atoms with Gasteiger partial charge in [-0.3, -0.25) is 4.79 Å². The van der Waals surface area contributed by atoms with Crippen molar-refractivity contribution in [1.82, 2.24) is 0 Å². The van der Waals surface area contributed by atoms with E-state index in [-0.39, 0.29) is 5.91 Å². The van der Waals surface area contributed by atoms with Crippen molar-refractivity contribution in [3.05, 3.63) is 28.2 Å². The monoisotopic (exact) mass is 326 g/mol. The molecule has 0 aliphatic carbocycles. The number of nitrogens with one attached hydrogen (secondary N) is 1. The van der Waals surface area contributed by atoms with E-state index >= 15 is 0 Å². The summed E-state index contributed by atoms with van der Waals surface area (Å²) >= 11 is 3.46. The van der Waals surface area contributed by atoms with Gasteiger partial charge in [-0.1, -0.05) is 35.3 Å². The number of benzene rings is 1. The van der Waals surface area contributed by atoms with Crippen LogP contribution in [0.5, 0.6) is 0 Å². The van der Waals surface area contributed by atoms with Gasteiger partial charge in [0.05, 0.1) is 0 Å². The van der Waals surface area contributed by atoms with Gasteiger partial charge < -0.3 is 11.1 Å². The molecular formula is C15H23BrN2O. The molecule has 0 aromatic heterocycles. The number of carbonyl (C=O) groups excluding carboxylic acids is 1. The Bertz CT molecular complexity index is 421. The maximum absolute atomic E-state index is 11.9. The van der Waals surface area contributed by atoms with Crippen LogP contribution >= 0.6 is 15.9 Å². The van der Waals surface area contributed by atoms with Gasteiger partial charge in [0.1, 0.15) is 0 Å². The van der Waals surface area contributed by atoms with E-state index in [1.165, 1.54) is 0 Å². The Kier molecular flexibility index (Phi) is 7.10. The Morgan fingerprint density at radius 3 is 2.74 bits per heavy atom. The maximum atomic E-state index is 11.9. The van der Waals surface area contributed by atoms with Crippen LogP contribution in [0, 0.1) is 12.8 Å². The molecule has 0 aliphatic rings. The first-order valence-electron chi connectivity index (χ1n) is 6.82. The first-order chi connectivity index (χ1) is 9.06. The van der Waals surface area contributed by atoms with Crippen LogP contribution in [-0.2, 0) is 4.79 Å². The van der Waals surface area contributed by atoms with Crippen molar-refractivity contribution in [2.24, 2.45) is 11.7 Å². The molecule has 0 saturated carbocycles. The summed E-state index contributed by atoms with van der Waals surface area (Å²) in [6.45, 7) is 4.87. The molecule has 0 spiro atoms. The average molecular weight is 327 g/mol. The fraction of sp³-hybridized carbons (Fsp3) is 0.533. The Morgan fingerprint density at radius 1 is 1.42 bits per heavy atom. The summed E-state index contributed by atoms with van der Waals surface area (Å²) in [5.41, 5.74) is 7.56. The lowest BCUT2D eigenvalue weighted by molar-refractivity contribution is -0.116. The molecule has 1 rings (SSSR count). The quantitative estimate of drug-likeness (QED) is 0.799. The molecule has 106 valence electrons. The smallest absolute Gasteiger partial charge is 0.224 e. The minimum atomic E-state index is 0.0752. The Balaban J connectivity index is 2.44. The molecule has 0 fully saturated rings. The van der Waals surface area contributed by atoms with E-state index in [1.54, 1.807) is 0 Å². The normalized spacial score (nSPS) is 12.2. The largest absolute Gasteiger partial charge is 0.330 e. The average Bonchev–Trinajstić information content (AvgIpc) is 2.39. The highest BCUT2D eigenvalue weighted by molar-refractivity contribution is 9.10. The van der Waals surface area contributed by atoms with Gasteiger partial charge >= 0.3 is 0 Å². The number of anilines is 1. The molecule has 19 heavy (non-hydrogen) atoms. The molecule has 1 atom stereocenters. The topological polar surface area (TPSA) is 55.1 Å². The van der Waals surface area contributed by atoms with Crippen molar-refractivity contribution < 1.29 is 4.79 Å². The van der Waals surface area contributed by atoms with Crippen LogP contribution in [0.4, 0.5) is 5.69 Å². The third-order valence-corrected chi connectivity index (χ3v) is 4.24. The van der Waals surface area contributed by atoms with E-state index in [0.717, 1.165) is 35.0 Å². The SMILES string of the molecule is CCC(CCN)CCC(=O)Nc1ccc(C)c(Br)c1. The highest BCUT2D eigenvalue weighted by Gasteiger charge is 2.09. The summed E-state index contributed by atoms with van der Waals surface area (Å²) in [6.07, 6.45) is 3.55. The number of amides is 1. The summed E-state index contributed by atoms with van der Waals surface area (Å²) in [7, 11) is 0. The van der Waals surface area contributed by atoms with Crippen molar-refractivity contribution in [3.63, 3.8) is 0 Å². The molecule has 0 heterocycles. The lowest BCUT2D eigenvalue weighted by Gasteiger charge is -2.13. The summed E-state index contributed by atoms with van der Waals surface area (Å²) in [5.74, 6) is 0.631. The second-order valence-corrected chi connectivity index (χ2v) is 5.76. The van der Waals surface area contributed by atoms with Gasteiger partial charge in [0.25, 0.3) is 0 Å². The minimum Gasteiger partial charge on any atom is -0.330 e. The van der Waals surface area contributed by atoms with Gasteiger partial charge in [-0.15, -0.1) is 0 Å². The number of carbonyl (C=O) groups is 1. The second-order valence-electron chi connectivity index (χ2n) is 4.90. The van der Waals surface area contributed by atoms with Crippen molar-refractivity contribution in [1.29, 1.82) is 0 Å². The zero-order valence-corrected chi connectivity index (χ0v) is 13.3. The third kappa shape index (κ3) is 5.74. The first-order valence-corrected chi connectivity index (χ1v) is 7.62. The van der Waals surface area contributed by atoms with Gasteiger partial charge in [0, 0.05) is 16.6 Å². The molecular weight excluding hydrogens is 304 g/mol. The lowest BCUT2D eigenvalue weighted by Crippen LogP contribution is -2.15. The number of rotatable bonds is 7. The van der Waals surface area contributed by atoms with E-state index in [0.29, 0.717) is 18.9 Å². The van der Waals surface area contributed by atoms with Crippen molar-refractivity contribution >= 4 is 27.5 Å². The molecule has 0 saturated heterocycles. The van der Waals surface area contributed by atoms with Crippen LogP contribution in [-0.4, -0.2) is 12.5 Å². The molecule has 0 radical (unpaired) electrons. The fourth-order valence-corrected chi connectivity index (χ4v) is 2.40. The van der Waals surface area contributed by atoms with Crippen molar-refractivity contribution in [2.45, 2.75) is 39.5 Å². The van der Waals surface area contributed by atoms with Gasteiger partial charge in [-0.2, -0.15) is 0 Å². The highest BCUT2D eigenvalue weighted by atomic mass is 79.9.